The fraction of sp³-hybridized carbons (Fsp3) is 1.00. The summed E-state index contributed by atoms with van der Waals surface area (Å²) in [6.45, 7) is 1.22. The molecule has 4 N–H and O–H groups in total. The molecule has 0 aromatic rings. The second-order valence-electron chi connectivity index (χ2n) is 8.66. The summed E-state index contributed by atoms with van der Waals surface area (Å²) >= 11 is 12.5. The molecule has 11 heteroatoms. The van der Waals surface area contributed by atoms with E-state index in [9.17, 15) is 26.3 Å². The van der Waals surface area contributed by atoms with E-state index in [0.29, 0.717) is 19.0 Å². The van der Waals surface area contributed by atoms with E-state index in [2.05, 4.69) is 10.6 Å². The highest BCUT2D eigenvalue weighted by molar-refractivity contribution is 6.30. The van der Waals surface area contributed by atoms with E-state index in [0.717, 1.165) is 25.7 Å². The van der Waals surface area contributed by atoms with Crippen molar-refractivity contribution in [3.05, 3.63) is 0 Å². The van der Waals surface area contributed by atoms with Gasteiger partial charge in [-0.05, 0) is 69.9 Å². The predicted octanol–water partition coefficient (Wildman–Crippen LogP) is 5.01. The van der Waals surface area contributed by atoms with Gasteiger partial charge in [0.15, 0.2) is 0 Å². The van der Waals surface area contributed by atoms with Crippen LogP contribution in [0.25, 0.3) is 0 Å². The molecule has 0 aromatic carbocycles. The first-order valence-electron chi connectivity index (χ1n) is 10.5. The van der Waals surface area contributed by atoms with Gasteiger partial charge in [0.25, 0.3) is 0 Å². The molecule has 30 heavy (non-hydrogen) atoms. The molecular formula is C19H31Cl2F6N3. The Kier molecular flexibility index (Phi) is 9.86. The van der Waals surface area contributed by atoms with Crippen molar-refractivity contribution in [3.63, 3.8) is 0 Å². The summed E-state index contributed by atoms with van der Waals surface area (Å²) in [4.78, 5) is 0. The smallest absolute Gasteiger partial charge is 0.330 e. The highest BCUT2D eigenvalue weighted by Gasteiger charge is 2.51. The third kappa shape index (κ3) is 7.87. The highest BCUT2D eigenvalue weighted by atomic mass is 35.5. The van der Waals surface area contributed by atoms with Crippen LogP contribution in [0.2, 0.25) is 0 Å². The van der Waals surface area contributed by atoms with Gasteiger partial charge in [0.1, 0.15) is 0 Å². The second-order valence-corrected chi connectivity index (χ2v) is 9.78. The summed E-state index contributed by atoms with van der Waals surface area (Å²) in [5.41, 5.74) is 5.72. The van der Waals surface area contributed by atoms with E-state index < -0.39 is 36.7 Å². The van der Waals surface area contributed by atoms with Crippen molar-refractivity contribution in [2.24, 2.45) is 29.4 Å². The maximum absolute atomic E-state index is 13.1. The Morgan fingerprint density at radius 3 is 1.97 bits per heavy atom. The monoisotopic (exact) mass is 485 g/mol. The van der Waals surface area contributed by atoms with Crippen LogP contribution < -0.4 is 16.4 Å². The van der Waals surface area contributed by atoms with E-state index in [1.54, 1.807) is 0 Å². The zero-order valence-corrected chi connectivity index (χ0v) is 18.2. The normalized spacial score (nSPS) is 34.7. The van der Waals surface area contributed by atoms with Gasteiger partial charge in [-0.2, -0.15) is 26.3 Å². The lowest BCUT2D eigenvalue weighted by Crippen LogP contribution is -2.48. The summed E-state index contributed by atoms with van der Waals surface area (Å²) in [6.07, 6.45) is -7.51. The van der Waals surface area contributed by atoms with Crippen molar-refractivity contribution in [2.45, 2.75) is 74.1 Å². The number of alkyl halides is 8. The summed E-state index contributed by atoms with van der Waals surface area (Å²) in [7, 11) is 0. The minimum absolute atomic E-state index is 0.0504. The SMILES string of the molecule is NCCC(CNCNC1CC(C(F)(F)F)CC(C(F)(F)F)C1)C1CCC(Cl)C(Cl)C1. The zero-order valence-electron chi connectivity index (χ0n) is 16.7. The van der Waals surface area contributed by atoms with Gasteiger partial charge in [0.2, 0.25) is 0 Å². The predicted molar refractivity (Wildman–Crippen MR) is 107 cm³/mol. The Morgan fingerprint density at radius 2 is 1.47 bits per heavy atom. The highest BCUT2D eigenvalue weighted by Crippen LogP contribution is 2.45. The standard InChI is InChI=1S/C19H31Cl2F6N3/c20-16-2-1-11(5-17(16)21)12(3-4-28)9-29-10-30-15-7-13(18(22,23)24)6-14(8-15)19(25,26)27/h11-17,29-30H,1-10,28H2. The lowest BCUT2D eigenvalue weighted by molar-refractivity contribution is -0.225. The van der Waals surface area contributed by atoms with Gasteiger partial charge in [-0.15, -0.1) is 23.2 Å². The van der Waals surface area contributed by atoms with Crippen molar-refractivity contribution in [3.8, 4) is 0 Å². The molecule has 6 unspecified atom stereocenters. The first-order valence-corrected chi connectivity index (χ1v) is 11.3. The molecule has 2 aliphatic carbocycles. The van der Waals surface area contributed by atoms with Crippen molar-refractivity contribution in [1.29, 1.82) is 0 Å². The zero-order chi connectivity index (χ0) is 22.5. The van der Waals surface area contributed by atoms with Crippen LogP contribution >= 0.6 is 23.2 Å². The van der Waals surface area contributed by atoms with Crippen molar-refractivity contribution in [2.75, 3.05) is 19.8 Å². The van der Waals surface area contributed by atoms with Crippen LogP contribution in [0.3, 0.4) is 0 Å². The topological polar surface area (TPSA) is 50.1 Å². The Morgan fingerprint density at radius 1 is 0.867 bits per heavy atom. The molecule has 2 saturated carbocycles. The molecule has 0 radical (unpaired) electrons. The molecule has 3 nitrogen and oxygen atoms in total. The maximum atomic E-state index is 13.1. The molecule has 0 amide bonds. The molecule has 6 atom stereocenters. The first kappa shape index (κ1) is 26.3. The molecule has 0 saturated heterocycles. The third-order valence-corrected chi connectivity index (χ3v) is 7.63. The van der Waals surface area contributed by atoms with Crippen molar-refractivity contribution >= 4 is 23.2 Å². The van der Waals surface area contributed by atoms with Gasteiger partial charge in [0, 0.05) is 18.1 Å². The van der Waals surface area contributed by atoms with E-state index in [1.165, 1.54) is 0 Å². The van der Waals surface area contributed by atoms with Crippen LogP contribution in [0.1, 0.15) is 44.9 Å². The second kappa shape index (κ2) is 11.3. The molecule has 0 heterocycles. The third-order valence-electron chi connectivity index (χ3n) is 6.49. The lowest BCUT2D eigenvalue weighted by atomic mass is 9.77. The number of hydrogen-bond acceptors (Lipinski definition) is 3. The van der Waals surface area contributed by atoms with Gasteiger partial charge in [-0.3, -0.25) is 0 Å². The average Bonchev–Trinajstić information content (AvgIpc) is 2.65. The molecular weight excluding hydrogens is 455 g/mol. The Labute approximate surface area is 183 Å². The van der Waals surface area contributed by atoms with Crippen LogP contribution in [0.4, 0.5) is 26.3 Å². The number of halogens is 8. The fourth-order valence-corrected chi connectivity index (χ4v) is 5.33. The molecule has 0 aromatic heterocycles. The van der Waals surface area contributed by atoms with Crippen LogP contribution in [-0.2, 0) is 0 Å². The molecule has 2 rings (SSSR count). The van der Waals surface area contributed by atoms with Crippen LogP contribution in [0.5, 0.6) is 0 Å². The minimum Gasteiger partial charge on any atom is -0.330 e. The van der Waals surface area contributed by atoms with Crippen molar-refractivity contribution < 1.29 is 26.3 Å². The summed E-state index contributed by atoms with van der Waals surface area (Å²) < 4.78 is 78.5. The molecule has 2 fully saturated rings. The van der Waals surface area contributed by atoms with Gasteiger partial charge in [-0.25, -0.2) is 0 Å². The lowest BCUT2D eigenvalue weighted by Gasteiger charge is -2.37. The largest absolute Gasteiger partial charge is 0.391 e. The van der Waals surface area contributed by atoms with Gasteiger partial charge in [0.05, 0.1) is 17.2 Å². The van der Waals surface area contributed by atoms with Gasteiger partial charge in [-0.1, -0.05) is 0 Å². The van der Waals surface area contributed by atoms with E-state index >= 15 is 0 Å². The number of nitrogens with one attached hydrogen (secondary N) is 2. The van der Waals surface area contributed by atoms with E-state index in [-0.39, 0.29) is 36.2 Å². The summed E-state index contributed by atoms with van der Waals surface area (Å²) in [5.74, 6) is -3.30. The number of nitrogens with two attached hydrogens (primary N) is 1. The molecule has 178 valence electrons. The molecule has 0 bridgehead atoms. The molecule has 2 aliphatic rings. The quantitative estimate of drug-likeness (QED) is 0.196. The van der Waals surface area contributed by atoms with E-state index in [4.69, 9.17) is 28.9 Å². The fourth-order valence-electron chi connectivity index (χ4n) is 4.75. The summed E-state index contributed by atoms with van der Waals surface area (Å²) in [6, 6.07) is -0.837. The Bertz CT molecular complexity index is 497. The van der Waals surface area contributed by atoms with Gasteiger partial charge < -0.3 is 16.4 Å². The number of rotatable bonds is 8. The van der Waals surface area contributed by atoms with Crippen LogP contribution in [0.15, 0.2) is 0 Å². The molecule has 0 spiro atoms. The molecule has 0 aliphatic heterocycles. The Hall–Kier alpha value is 0.0400. The first-order chi connectivity index (χ1) is 13.9. The Balaban J connectivity index is 1.84. The van der Waals surface area contributed by atoms with E-state index in [1.807, 2.05) is 0 Å². The van der Waals surface area contributed by atoms with Crippen LogP contribution in [0, 0.1) is 23.7 Å². The maximum Gasteiger partial charge on any atom is 0.391 e. The van der Waals surface area contributed by atoms with Gasteiger partial charge >= 0.3 is 12.4 Å². The van der Waals surface area contributed by atoms with Crippen molar-refractivity contribution in [1.82, 2.24) is 10.6 Å². The number of hydrogen-bond donors (Lipinski definition) is 3. The summed E-state index contributed by atoms with van der Waals surface area (Å²) in [5, 5.41) is 5.84. The minimum atomic E-state index is -4.62. The van der Waals surface area contributed by atoms with Crippen LogP contribution in [-0.4, -0.2) is 48.9 Å². The average molecular weight is 486 g/mol.